The zero-order chi connectivity index (χ0) is 11.8. The maximum atomic E-state index is 4.11. The summed E-state index contributed by atoms with van der Waals surface area (Å²) in [6.45, 7) is 6.50. The Labute approximate surface area is 98.7 Å². The highest BCUT2D eigenvalue weighted by atomic mass is 15.2. The van der Waals surface area contributed by atoms with Gasteiger partial charge in [0.15, 0.2) is 0 Å². The van der Waals surface area contributed by atoms with Gasteiger partial charge in [-0.15, -0.1) is 5.10 Å². The van der Waals surface area contributed by atoms with E-state index in [0.29, 0.717) is 6.04 Å². The van der Waals surface area contributed by atoms with Crippen LogP contribution >= 0.6 is 0 Å². The average molecular weight is 221 g/mol. The second-order valence-electron chi connectivity index (χ2n) is 4.39. The molecular formula is C13H23N3. The molecule has 3 heteroatoms. The summed E-state index contributed by atoms with van der Waals surface area (Å²) in [5.41, 5.74) is 1.16. The van der Waals surface area contributed by atoms with Crippen LogP contribution < -0.4 is 5.32 Å². The molecule has 1 rings (SSSR count). The van der Waals surface area contributed by atoms with Gasteiger partial charge >= 0.3 is 0 Å². The number of hydrogen-bond acceptors (Lipinski definition) is 3. The SMILES string of the molecule is CCCCC(CCC)Nc1cc(C)cnn1. The topological polar surface area (TPSA) is 37.8 Å². The first-order chi connectivity index (χ1) is 7.76. The Kier molecular flexibility index (Phi) is 5.83. The van der Waals surface area contributed by atoms with Crippen molar-refractivity contribution in [2.24, 2.45) is 0 Å². The number of nitrogens with zero attached hydrogens (tertiary/aromatic N) is 2. The summed E-state index contributed by atoms with van der Waals surface area (Å²) < 4.78 is 0. The molecule has 3 nitrogen and oxygen atoms in total. The Morgan fingerprint density at radius 1 is 1.25 bits per heavy atom. The van der Waals surface area contributed by atoms with Crippen LogP contribution in [0.1, 0.15) is 51.5 Å². The fourth-order valence-electron chi connectivity index (χ4n) is 1.83. The molecule has 1 unspecified atom stereocenters. The molecule has 0 aromatic carbocycles. The Hall–Kier alpha value is -1.12. The molecule has 1 atom stereocenters. The van der Waals surface area contributed by atoms with Gasteiger partial charge in [0.1, 0.15) is 5.82 Å². The molecule has 0 radical (unpaired) electrons. The predicted octanol–water partition coefficient (Wildman–Crippen LogP) is 3.56. The zero-order valence-corrected chi connectivity index (χ0v) is 10.7. The molecule has 0 fully saturated rings. The molecule has 0 spiro atoms. The fourth-order valence-corrected chi connectivity index (χ4v) is 1.83. The van der Waals surface area contributed by atoms with E-state index in [9.17, 15) is 0 Å². The van der Waals surface area contributed by atoms with Crippen LogP contribution in [0.3, 0.4) is 0 Å². The van der Waals surface area contributed by atoms with E-state index < -0.39 is 0 Å². The van der Waals surface area contributed by atoms with Crippen LogP contribution in [0.5, 0.6) is 0 Å². The van der Waals surface area contributed by atoms with Crippen LogP contribution in [-0.4, -0.2) is 16.2 Å². The van der Waals surface area contributed by atoms with Gasteiger partial charge < -0.3 is 5.32 Å². The molecule has 0 amide bonds. The second-order valence-corrected chi connectivity index (χ2v) is 4.39. The lowest BCUT2D eigenvalue weighted by atomic mass is 10.1. The molecule has 0 bridgehead atoms. The van der Waals surface area contributed by atoms with Crippen molar-refractivity contribution >= 4 is 5.82 Å². The van der Waals surface area contributed by atoms with Crippen molar-refractivity contribution in [1.82, 2.24) is 10.2 Å². The number of aryl methyl sites for hydroxylation is 1. The van der Waals surface area contributed by atoms with Crippen LogP contribution in [-0.2, 0) is 0 Å². The van der Waals surface area contributed by atoms with Gasteiger partial charge in [-0.05, 0) is 31.4 Å². The minimum absolute atomic E-state index is 0.543. The Balaban J connectivity index is 2.52. The minimum atomic E-state index is 0.543. The molecule has 0 aliphatic heterocycles. The van der Waals surface area contributed by atoms with Crippen molar-refractivity contribution < 1.29 is 0 Å². The van der Waals surface area contributed by atoms with E-state index in [4.69, 9.17) is 0 Å². The number of unbranched alkanes of at least 4 members (excludes halogenated alkanes) is 1. The van der Waals surface area contributed by atoms with Gasteiger partial charge in [0.2, 0.25) is 0 Å². The van der Waals surface area contributed by atoms with E-state index in [2.05, 4.69) is 35.4 Å². The van der Waals surface area contributed by atoms with Crippen LogP contribution in [0.4, 0.5) is 5.82 Å². The molecule has 1 heterocycles. The molecule has 0 aliphatic rings. The van der Waals surface area contributed by atoms with E-state index in [-0.39, 0.29) is 0 Å². The minimum Gasteiger partial charge on any atom is -0.366 e. The monoisotopic (exact) mass is 221 g/mol. The third kappa shape index (κ3) is 4.60. The summed E-state index contributed by atoms with van der Waals surface area (Å²) in [7, 11) is 0. The van der Waals surface area contributed by atoms with E-state index in [1.54, 1.807) is 6.20 Å². The highest BCUT2D eigenvalue weighted by Gasteiger charge is 2.07. The van der Waals surface area contributed by atoms with Crippen molar-refractivity contribution in [3.05, 3.63) is 17.8 Å². The van der Waals surface area contributed by atoms with Crippen molar-refractivity contribution in [2.45, 2.75) is 58.9 Å². The highest BCUT2D eigenvalue weighted by Crippen LogP contribution is 2.13. The average Bonchev–Trinajstić information content (AvgIpc) is 2.26. The van der Waals surface area contributed by atoms with Gasteiger partial charge in [0.05, 0.1) is 6.20 Å². The molecule has 16 heavy (non-hydrogen) atoms. The van der Waals surface area contributed by atoms with Crippen LogP contribution in [0.2, 0.25) is 0 Å². The van der Waals surface area contributed by atoms with Gasteiger partial charge in [-0.2, -0.15) is 5.10 Å². The molecule has 1 aromatic rings. The Morgan fingerprint density at radius 3 is 2.69 bits per heavy atom. The lowest BCUT2D eigenvalue weighted by Crippen LogP contribution is -2.20. The molecule has 1 aromatic heterocycles. The normalized spacial score (nSPS) is 12.4. The van der Waals surface area contributed by atoms with Crippen LogP contribution in [0.15, 0.2) is 12.3 Å². The standard InChI is InChI=1S/C13H23N3/c1-4-6-8-12(7-5-2)15-13-9-11(3)10-14-16-13/h9-10,12H,4-8H2,1-3H3,(H,15,16). The summed E-state index contributed by atoms with van der Waals surface area (Å²) in [5, 5.41) is 11.6. The van der Waals surface area contributed by atoms with Gasteiger partial charge in [-0.25, -0.2) is 0 Å². The van der Waals surface area contributed by atoms with Crippen LogP contribution in [0, 0.1) is 6.92 Å². The largest absolute Gasteiger partial charge is 0.366 e. The van der Waals surface area contributed by atoms with Crippen LogP contribution in [0.25, 0.3) is 0 Å². The van der Waals surface area contributed by atoms with Gasteiger partial charge in [-0.1, -0.05) is 33.1 Å². The molecule has 90 valence electrons. The predicted molar refractivity (Wildman–Crippen MR) is 68.6 cm³/mol. The number of aromatic nitrogens is 2. The smallest absolute Gasteiger partial charge is 0.149 e. The maximum absolute atomic E-state index is 4.11. The maximum Gasteiger partial charge on any atom is 0.149 e. The van der Waals surface area contributed by atoms with Gasteiger partial charge in [-0.3, -0.25) is 0 Å². The molecule has 0 saturated carbocycles. The van der Waals surface area contributed by atoms with Gasteiger partial charge in [0.25, 0.3) is 0 Å². The van der Waals surface area contributed by atoms with E-state index >= 15 is 0 Å². The highest BCUT2D eigenvalue weighted by molar-refractivity contribution is 5.36. The molecule has 0 aliphatic carbocycles. The second kappa shape index (κ2) is 7.20. The lowest BCUT2D eigenvalue weighted by molar-refractivity contribution is 0.562. The molecular weight excluding hydrogens is 198 g/mol. The van der Waals surface area contributed by atoms with Crippen molar-refractivity contribution in [3.63, 3.8) is 0 Å². The Morgan fingerprint density at radius 2 is 2.06 bits per heavy atom. The third-order valence-electron chi connectivity index (χ3n) is 2.69. The summed E-state index contributed by atoms with van der Waals surface area (Å²) in [4.78, 5) is 0. The zero-order valence-electron chi connectivity index (χ0n) is 10.7. The molecule has 1 N–H and O–H groups in total. The summed E-state index contributed by atoms with van der Waals surface area (Å²) in [5.74, 6) is 0.912. The number of nitrogens with one attached hydrogen (secondary N) is 1. The van der Waals surface area contributed by atoms with Crippen molar-refractivity contribution in [3.8, 4) is 0 Å². The fraction of sp³-hybridized carbons (Fsp3) is 0.692. The number of rotatable bonds is 7. The lowest BCUT2D eigenvalue weighted by Gasteiger charge is -2.18. The van der Waals surface area contributed by atoms with Crippen molar-refractivity contribution in [1.29, 1.82) is 0 Å². The van der Waals surface area contributed by atoms with Gasteiger partial charge in [0, 0.05) is 6.04 Å². The first-order valence-electron chi connectivity index (χ1n) is 6.32. The summed E-state index contributed by atoms with van der Waals surface area (Å²) >= 11 is 0. The summed E-state index contributed by atoms with van der Waals surface area (Å²) in [6, 6.07) is 2.60. The summed E-state index contributed by atoms with van der Waals surface area (Å²) in [6.07, 6.45) is 7.95. The van der Waals surface area contributed by atoms with Crippen molar-refractivity contribution in [2.75, 3.05) is 5.32 Å². The molecule has 0 saturated heterocycles. The number of hydrogen-bond donors (Lipinski definition) is 1. The quantitative estimate of drug-likeness (QED) is 0.765. The van der Waals surface area contributed by atoms with E-state index in [0.717, 1.165) is 11.4 Å². The first-order valence-corrected chi connectivity index (χ1v) is 6.32. The number of anilines is 1. The third-order valence-corrected chi connectivity index (χ3v) is 2.69. The van der Waals surface area contributed by atoms with E-state index in [1.807, 2.05) is 6.92 Å². The van der Waals surface area contributed by atoms with E-state index in [1.165, 1.54) is 32.1 Å². The first kappa shape index (κ1) is 12.9. The Bertz CT molecular complexity index is 299.